The lowest BCUT2D eigenvalue weighted by molar-refractivity contribution is 0.0909. The highest BCUT2D eigenvalue weighted by molar-refractivity contribution is 9.10. The molecule has 0 saturated heterocycles. The van der Waals surface area contributed by atoms with Gasteiger partial charge in [0.2, 0.25) is 6.79 Å². The van der Waals surface area contributed by atoms with E-state index < -0.39 is 0 Å². The van der Waals surface area contributed by atoms with Crippen molar-refractivity contribution in [3.63, 3.8) is 0 Å². The molecule has 2 amide bonds. The third-order valence-corrected chi connectivity index (χ3v) is 3.55. The van der Waals surface area contributed by atoms with Gasteiger partial charge in [0.25, 0.3) is 11.8 Å². The summed E-state index contributed by atoms with van der Waals surface area (Å²) < 4.78 is 16.0. The van der Waals surface area contributed by atoms with Crippen molar-refractivity contribution in [2.45, 2.75) is 0 Å². The monoisotopic (exact) mass is 380 g/mol. The van der Waals surface area contributed by atoms with Gasteiger partial charge in [-0.2, -0.15) is 0 Å². The standard InChI is InChI=1S/C15H13BrN2O5/c16-13-4-3-11(23-13)15(20)18-6-5-17-14(19)9-1-2-10-12(7-9)22-8-21-10/h1-4,7H,5-6,8H2,(H,17,19)(H,18,20). The molecule has 2 aromatic rings. The average Bonchev–Trinajstić information content (AvgIpc) is 3.18. The molecule has 0 atom stereocenters. The molecule has 7 nitrogen and oxygen atoms in total. The Morgan fingerprint density at radius 1 is 1.00 bits per heavy atom. The Kier molecular flexibility index (Phi) is 4.52. The summed E-state index contributed by atoms with van der Waals surface area (Å²) in [7, 11) is 0. The van der Waals surface area contributed by atoms with Crippen molar-refractivity contribution in [1.82, 2.24) is 10.6 Å². The van der Waals surface area contributed by atoms with E-state index in [4.69, 9.17) is 13.9 Å². The quantitative estimate of drug-likeness (QED) is 0.773. The molecule has 1 aromatic carbocycles. The Labute approximate surface area is 140 Å². The summed E-state index contributed by atoms with van der Waals surface area (Å²) in [6.07, 6.45) is 0. The van der Waals surface area contributed by atoms with Crippen LogP contribution in [0.2, 0.25) is 0 Å². The number of benzene rings is 1. The number of nitrogens with one attached hydrogen (secondary N) is 2. The van der Waals surface area contributed by atoms with E-state index in [2.05, 4.69) is 26.6 Å². The van der Waals surface area contributed by atoms with Crippen molar-refractivity contribution in [3.05, 3.63) is 46.3 Å². The van der Waals surface area contributed by atoms with E-state index in [0.29, 0.717) is 28.3 Å². The molecule has 23 heavy (non-hydrogen) atoms. The van der Waals surface area contributed by atoms with Crippen LogP contribution in [0, 0.1) is 0 Å². The number of hydrogen-bond acceptors (Lipinski definition) is 5. The second kappa shape index (κ2) is 6.74. The van der Waals surface area contributed by atoms with Crippen LogP contribution in [0.1, 0.15) is 20.9 Å². The second-order valence-electron chi connectivity index (χ2n) is 4.68. The first-order valence-corrected chi connectivity index (χ1v) is 7.64. The zero-order valence-electron chi connectivity index (χ0n) is 11.9. The first-order chi connectivity index (χ1) is 11.1. The number of amides is 2. The molecule has 0 unspecified atom stereocenters. The molecular formula is C15H13BrN2O5. The van der Waals surface area contributed by atoms with Gasteiger partial charge in [-0.3, -0.25) is 9.59 Å². The molecular weight excluding hydrogens is 368 g/mol. The summed E-state index contributed by atoms with van der Waals surface area (Å²) in [5.74, 6) is 0.790. The summed E-state index contributed by atoms with van der Waals surface area (Å²) in [6.45, 7) is 0.740. The molecule has 0 aliphatic carbocycles. The van der Waals surface area contributed by atoms with Gasteiger partial charge in [0.1, 0.15) is 0 Å². The molecule has 1 aliphatic rings. The van der Waals surface area contributed by atoms with E-state index in [0.717, 1.165) is 0 Å². The van der Waals surface area contributed by atoms with Crippen molar-refractivity contribution in [2.24, 2.45) is 0 Å². The van der Waals surface area contributed by atoms with Crippen LogP contribution in [0.5, 0.6) is 11.5 Å². The van der Waals surface area contributed by atoms with Crippen molar-refractivity contribution in [3.8, 4) is 11.5 Å². The Hall–Kier alpha value is -2.48. The van der Waals surface area contributed by atoms with Gasteiger partial charge >= 0.3 is 0 Å². The van der Waals surface area contributed by atoms with Crippen LogP contribution >= 0.6 is 15.9 Å². The molecule has 0 spiro atoms. The van der Waals surface area contributed by atoms with Gasteiger partial charge in [-0.15, -0.1) is 0 Å². The lowest BCUT2D eigenvalue weighted by atomic mass is 10.2. The molecule has 2 N–H and O–H groups in total. The zero-order chi connectivity index (χ0) is 16.2. The van der Waals surface area contributed by atoms with Gasteiger partial charge in [-0.25, -0.2) is 0 Å². The van der Waals surface area contributed by atoms with Crippen LogP contribution in [-0.2, 0) is 0 Å². The fourth-order valence-corrected chi connectivity index (χ4v) is 2.32. The van der Waals surface area contributed by atoms with Gasteiger partial charge in [0.15, 0.2) is 21.9 Å². The number of furan rings is 1. The molecule has 0 saturated carbocycles. The number of rotatable bonds is 5. The highest BCUT2D eigenvalue weighted by atomic mass is 79.9. The number of carbonyl (C=O) groups excluding carboxylic acids is 2. The van der Waals surface area contributed by atoms with E-state index in [1.54, 1.807) is 30.3 Å². The Balaban J connectivity index is 1.45. The smallest absolute Gasteiger partial charge is 0.287 e. The first-order valence-electron chi connectivity index (χ1n) is 6.85. The second-order valence-corrected chi connectivity index (χ2v) is 5.47. The molecule has 0 bridgehead atoms. The topological polar surface area (TPSA) is 89.8 Å². The van der Waals surface area contributed by atoms with Crippen molar-refractivity contribution < 1.29 is 23.5 Å². The third kappa shape index (κ3) is 3.65. The summed E-state index contributed by atoms with van der Waals surface area (Å²) in [5, 5.41) is 5.36. The maximum absolute atomic E-state index is 12.0. The molecule has 2 heterocycles. The molecule has 8 heteroatoms. The predicted octanol–water partition coefficient (Wildman–Crippen LogP) is 1.93. The van der Waals surface area contributed by atoms with Crippen molar-refractivity contribution in [1.29, 1.82) is 0 Å². The highest BCUT2D eigenvalue weighted by Crippen LogP contribution is 2.32. The molecule has 0 fully saturated rings. The van der Waals surface area contributed by atoms with Gasteiger partial charge < -0.3 is 24.5 Å². The average molecular weight is 381 g/mol. The van der Waals surface area contributed by atoms with E-state index in [1.807, 2.05) is 0 Å². The number of halogens is 1. The Morgan fingerprint density at radius 2 is 1.74 bits per heavy atom. The van der Waals surface area contributed by atoms with E-state index in [9.17, 15) is 9.59 Å². The van der Waals surface area contributed by atoms with Crippen LogP contribution in [0.25, 0.3) is 0 Å². The van der Waals surface area contributed by atoms with E-state index >= 15 is 0 Å². The van der Waals surface area contributed by atoms with Crippen molar-refractivity contribution >= 4 is 27.7 Å². The highest BCUT2D eigenvalue weighted by Gasteiger charge is 2.16. The van der Waals surface area contributed by atoms with Gasteiger partial charge in [-0.1, -0.05) is 0 Å². The lowest BCUT2D eigenvalue weighted by Crippen LogP contribution is -2.34. The number of carbonyl (C=O) groups is 2. The largest absolute Gasteiger partial charge is 0.454 e. The summed E-state index contributed by atoms with van der Waals surface area (Å²) in [4.78, 5) is 23.7. The molecule has 1 aliphatic heterocycles. The van der Waals surface area contributed by atoms with Crippen molar-refractivity contribution in [2.75, 3.05) is 19.9 Å². The van der Waals surface area contributed by atoms with Gasteiger partial charge in [0.05, 0.1) is 0 Å². The van der Waals surface area contributed by atoms with E-state index in [-0.39, 0.29) is 30.9 Å². The SMILES string of the molecule is O=C(NCCNC(=O)c1ccc(Br)o1)c1ccc2c(c1)OCO2. The molecule has 3 rings (SSSR count). The van der Waals surface area contributed by atoms with Crippen LogP contribution in [0.3, 0.4) is 0 Å². The lowest BCUT2D eigenvalue weighted by Gasteiger charge is -2.07. The van der Waals surface area contributed by atoms with Gasteiger partial charge in [-0.05, 0) is 46.3 Å². The minimum atomic E-state index is -0.340. The maximum Gasteiger partial charge on any atom is 0.287 e. The Morgan fingerprint density at radius 3 is 2.48 bits per heavy atom. The van der Waals surface area contributed by atoms with Crippen LogP contribution in [0.15, 0.2) is 39.4 Å². The number of ether oxygens (including phenoxy) is 2. The first kappa shape index (κ1) is 15.4. The van der Waals surface area contributed by atoms with Crippen LogP contribution in [-0.4, -0.2) is 31.7 Å². The summed E-state index contributed by atoms with van der Waals surface area (Å²) in [6, 6.07) is 8.16. The van der Waals surface area contributed by atoms with E-state index in [1.165, 1.54) is 0 Å². The predicted molar refractivity (Wildman–Crippen MR) is 83.6 cm³/mol. The fourth-order valence-electron chi connectivity index (χ4n) is 2.02. The normalized spacial score (nSPS) is 12.0. The maximum atomic E-state index is 12.0. The zero-order valence-corrected chi connectivity index (χ0v) is 13.5. The summed E-state index contributed by atoms with van der Waals surface area (Å²) >= 11 is 3.13. The fraction of sp³-hybridized carbons (Fsp3) is 0.200. The van der Waals surface area contributed by atoms with Crippen LogP contribution in [0.4, 0.5) is 0 Å². The summed E-state index contributed by atoms with van der Waals surface area (Å²) in [5.41, 5.74) is 0.468. The van der Waals surface area contributed by atoms with Gasteiger partial charge in [0, 0.05) is 18.7 Å². The number of hydrogen-bond donors (Lipinski definition) is 2. The molecule has 120 valence electrons. The van der Waals surface area contributed by atoms with Crippen LogP contribution < -0.4 is 20.1 Å². The minimum Gasteiger partial charge on any atom is -0.454 e. The number of fused-ring (bicyclic) bond motifs is 1. The third-order valence-electron chi connectivity index (χ3n) is 3.13. The Bertz CT molecular complexity index is 743. The molecule has 1 aromatic heterocycles. The minimum absolute atomic E-state index is 0.162. The molecule has 0 radical (unpaired) electrons.